The molecule has 0 radical (unpaired) electrons. The standard InChI is InChI=1S/C15H28F4S.C2H6OS/c1-2-12-20-13-8-4-7-11-15(18,19)10-6-3-5-9-14(16)17;3-1-2-4/h14H,2-13H2,1H3;3-4H,1-2H2. The van der Waals surface area contributed by atoms with Gasteiger partial charge in [0.15, 0.2) is 0 Å². The molecule has 24 heavy (non-hydrogen) atoms. The zero-order valence-corrected chi connectivity index (χ0v) is 16.5. The van der Waals surface area contributed by atoms with E-state index in [0.29, 0.717) is 31.4 Å². The van der Waals surface area contributed by atoms with Crippen LogP contribution < -0.4 is 0 Å². The van der Waals surface area contributed by atoms with Crippen LogP contribution in [0.3, 0.4) is 0 Å². The van der Waals surface area contributed by atoms with Crippen LogP contribution in [0.15, 0.2) is 0 Å². The number of hydrogen-bond donors (Lipinski definition) is 2. The van der Waals surface area contributed by atoms with E-state index in [2.05, 4.69) is 19.6 Å². The van der Waals surface area contributed by atoms with Gasteiger partial charge in [0.1, 0.15) is 0 Å². The maximum atomic E-state index is 13.5. The first-order valence-corrected chi connectivity index (χ1v) is 10.6. The van der Waals surface area contributed by atoms with Crippen LogP contribution in [0.2, 0.25) is 0 Å². The topological polar surface area (TPSA) is 20.2 Å². The molecule has 1 N–H and O–H groups in total. The van der Waals surface area contributed by atoms with Gasteiger partial charge in [0.2, 0.25) is 12.3 Å². The predicted octanol–water partition coefficient (Wildman–Crippen LogP) is 6.45. The second-order valence-corrected chi connectivity index (χ2v) is 7.39. The summed E-state index contributed by atoms with van der Waals surface area (Å²) in [6.07, 6.45) is 2.10. The fourth-order valence-electron chi connectivity index (χ4n) is 1.99. The Hall–Kier alpha value is 0.380. The van der Waals surface area contributed by atoms with Crippen molar-refractivity contribution in [2.45, 2.75) is 83.5 Å². The van der Waals surface area contributed by atoms with E-state index in [4.69, 9.17) is 5.11 Å². The number of rotatable bonds is 15. The average Bonchev–Trinajstić information content (AvgIpc) is 2.53. The number of aliphatic hydroxyl groups is 1. The van der Waals surface area contributed by atoms with Gasteiger partial charge in [-0.1, -0.05) is 19.8 Å². The lowest BCUT2D eigenvalue weighted by Crippen LogP contribution is -2.15. The average molecular weight is 395 g/mol. The molecule has 0 fully saturated rings. The van der Waals surface area contributed by atoms with Crippen molar-refractivity contribution in [1.82, 2.24) is 0 Å². The first-order valence-electron chi connectivity index (χ1n) is 8.85. The number of unbranched alkanes of at least 4 members (excludes halogenated alkanes) is 4. The Kier molecular flexibility index (Phi) is 21.8. The summed E-state index contributed by atoms with van der Waals surface area (Å²) in [6, 6.07) is 0. The molecule has 0 aliphatic heterocycles. The fourth-order valence-corrected chi connectivity index (χ4v) is 2.90. The molecule has 0 amide bonds. The molecule has 0 saturated carbocycles. The highest BCUT2D eigenvalue weighted by molar-refractivity contribution is 7.99. The molecule has 0 spiro atoms. The van der Waals surface area contributed by atoms with Crippen molar-refractivity contribution in [3.63, 3.8) is 0 Å². The molecule has 0 aliphatic rings. The maximum Gasteiger partial charge on any atom is 0.248 e. The molecule has 0 heterocycles. The van der Waals surface area contributed by atoms with Gasteiger partial charge < -0.3 is 5.11 Å². The molecule has 0 rings (SSSR count). The summed E-state index contributed by atoms with van der Waals surface area (Å²) in [5.74, 6) is 0.170. The zero-order chi connectivity index (χ0) is 18.7. The summed E-state index contributed by atoms with van der Waals surface area (Å²) in [5.41, 5.74) is 0. The Morgan fingerprint density at radius 3 is 1.96 bits per heavy atom. The molecule has 0 unspecified atom stereocenters. The minimum Gasteiger partial charge on any atom is -0.396 e. The van der Waals surface area contributed by atoms with Gasteiger partial charge in [-0.2, -0.15) is 24.4 Å². The smallest absolute Gasteiger partial charge is 0.248 e. The summed E-state index contributed by atoms with van der Waals surface area (Å²) in [7, 11) is 0. The SMILES string of the molecule is CCCSCCCCCC(F)(F)CCCCCC(F)F.OCCS. The summed E-state index contributed by atoms with van der Waals surface area (Å²) in [6.45, 7) is 2.32. The first-order chi connectivity index (χ1) is 11.4. The second kappa shape index (κ2) is 19.7. The zero-order valence-electron chi connectivity index (χ0n) is 14.8. The van der Waals surface area contributed by atoms with Crippen molar-refractivity contribution in [2.75, 3.05) is 23.9 Å². The summed E-state index contributed by atoms with van der Waals surface area (Å²) >= 11 is 5.55. The van der Waals surface area contributed by atoms with Gasteiger partial charge in [0.25, 0.3) is 0 Å². The van der Waals surface area contributed by atoms with Crippen LogP contribution in [-0.4, -0.2) is 41.3 Å². The molecule has 0 aromatic carbocycles. The second-order valence-electron chi connectivity index (χ2n) is 5.72. The van der Waals surface area contributed by atoms with Crippen LogP contribution >= 0.6 is 24.4 Å². The first kappa shape index (κ1) is 26.6. The highest BCUT2D eigenvalue weighted by Crippen LogP contribution is 2.28. The Morgan fingerprint density at radius 2 is 1.50 bits per heavy atom. The Bertz CT molecular complexity index is 243. The molecule has 0 saturated heterocycles. The molecule has 7 heteroatoms. The number of thioether (sulfide) groups is 1. The summed E-state index contributed by atoms with van der Waals surface area (Å²) in [4.78, 5) is 0. The molecule has 1 nitrogen and oxygen atoms in total. The van der Waals surface area contributed by atoms with E-state index < -0.39 is 12.3 Å². The van der Waals surface area contributed by atoms with Crippen LogP contribution in [-0.2, 0) is 0 Å². The third-order valence-electron chi connectivity index (χ3n) is 3.24. The van der Waals surface area contributed by atoms with E-state index in [-0.39, 0.29) is 25.9 Å². The number of halogens is 4. The molecular weight excluding hydrogens is 360 g/mol. The predicted molar refractivity (Wildman–Crippen MR) is 101 cm³/mol. The quantitative estimate of drug-likeness (QED) is 0.189. The lowest BCUT2D eigenvalue weighted by molar-refractivity contribution is -0.0207. The minimum absolute atomic E-state index is 0.0553. The van der Waals surface area contributed by atoms with Crippen LogP contribution in [0.4, 0.5) is 17.6 Å². The Labute approximate surface area is 154 Å². The molecule has 0 aromatic heterocycles. The van der Waals surface area contributed by atoms with Gasteiger partial charge in [0, 0.05) is 25.0 Å². The maximum absolute atomic E-state index is 13.5. The third-order valence-corrected chi connectivity index (χ3v) is 4.72. The molecule has 0 bridgehead atoms. The lowest BCUT2D eigenvalue weighted by atomic mass is 10.0. The van der Waals surface area contributed by atoms with Gasteiger partial charge in [-0.15, -0.1) is 0 Å². The number of aliphatic hydroxyl groups excluding tert-OH is 1. The van der Waals surface area contributed by atoms with Crippen molar-refractivity contribution in [3.8, 4) is 0 Å². The number of hydrogen-bond acceptors (Lipinski definition) is 3. The molecule has 0 aromatic rings. The van der Waals surface area contributed by atoms with Crippen molar-refractivity contribution in [2.24, 2.45) is 0 Å². The van der Waals surface area contributed by atoms with E-state index in [1.807, 2.05) is 11.8 Å². The van der Waals surface area contributed by atoms with E-state index in [1.165, 1.54) is 0 Å². The highest BCUT2D eigenvalue weighted by Gasteiger charge is 2.27. The molecule has 0 atom stereocenters. The molecule has 0 aliphatic carbocycles. The van der Waals surface area contributed by atoms with E-state index in [9.17, 15) is 17.6 Å². The largest absolute Gasteiger partial charge is 0.396 e. The van der Waals surface area contributed by atoms with Crippen molar-refractivity contribution in [1.29, 1.82) is 0 Å². The molecular formula is C17H34F4OS2. The molecule has 148 valence electrons. The minimum atomic E-state index is -2.61. The summed E-state index contributed by atoms with van der Waals surface area (Å²) < 4.78 is 50.7. The monoisotopic (exact) mass is 394 g/mol. The third kappa shape index (κ3) is 24.6. The normalized spacial score (nSPS) is 11.5. The number of alkyl halides is 4. The van der Waals surface area contributed by atoms with Crippen molar-refractivity contribution < 1.29 is 22.7 Å². The van der Waals surface area contributed by atoms with E-state index >= 15 is 0 Å². The van der Waals surface area contributed by atoms with Gasteiger partial charge in [-0.05, 0) is 43.6 Å². The fraction of sp³-hybridized carbons (Fsp3) is 1.00. The van der Waals surface area contributed by atoms with Crippen LogP contribution in [0.25, 0.3) is 0 Å². The van der Waals surface area contributed by atoms with Crippen LogP contribution in [0, 0.1) is 0 Å². The lowest BCUT2D eigenvalue weighted by Gasteiger charge is -2.16. The number of thiol groups is 1. The van der Waals surface area contributed by atoms with Crippen molar-refractivity contribution >= 4 is 24.4 Å². The van der Waals surface area contributed by atoms with Crippen molar-refractivity contribution in [3.05, 3.63) is 0 Å². The Balaban J connectivity index is 0. The van der Waals surface area contributed by atoms with Gasteiger partial charge in [0.05, 0.1) is 6.61 Å². The van der Waals surface area contributed by atoms with Gasteiger partial charge in [-0.3, -0.25) is 0 Å². The van der Waals surface area contributed by atoms with Crippen LogP contribution in [0.1, 0.15) is 71.1 Å². The van der Waals surface area contributed by atoms with Crippen LogP contribution in [0.5, 0.6) is 0 Å². The van der Waals surface area contributed by atoms with E-state index in [0.717, 1.165) is 30.8 Å². The highest BCUT2D eigenvalue weighted by atomic mass is 32.2. The summed E-state index contributed by atoms with van der Waals surface area (Å²) in [5, 5.41) is 7.80. The van der Waals surface area contributed by atoms with E-state index in [1.54, 1.807) is 0 Å². The van der Waals surface area contributed by atoms with Gasteiger partial charge >= 0.3 is 0 Å². The van der Waals surface area contributed by atoms with Gasteiger partial charge in [-0.25, -0.2) is 17.6 Å². The Morgan fingerprint density at radius 1 is 0.958 bits per heavy atom.